The molecule has 3 heterocycles. The van der Waals surface area contributed by atoms with E-state index in [4.69, 9.17) is 14.2 Å². The van der Waals surface area contributed by atoms with E-state index < -0.39 is 0 Å². The molecule has 0 bridgehead atoms. The third kappa shape index (κ3) is 3.19. The van der Waals surface area contributed by atoms with Crippen molar-refractivity contribution >= 4 is 11.6 Å². The first-order chi connectivity index (χ1) is 14.7. The Hall–Kier alpha value is -2.73. The molecule has 0 radical (unpaired) electrons. The largest absolute Gasteiger partial charge is 0.493 e. The van der Waals surface area contributed by atoms with Crippen molar-refractivity contribution in [1.82, 2.24) is 4.90 Å². The summed E-state index contributed by atoms with van der Waals surface area (Å²) in [6, 6.07) is 12.2. The Kier molecular flexibility index (Phi) is 4.16. The van der Waals surface area contributed by atoms with Crippen LogP contribution in [0.3, 0.4) is 0 Å². The monoisotopic (exact) mass is 406 g/mol. The third-order valence-electron chi connectivity index (χ3n) is 7.16. The fourth-order valence-electron chi connectivity index (χ4n) is 5.23. The number of likely N-dealkylation sites (tertiary alicyclic amines) is 1. The van der Waals surface area contributed by atoms with Crippen molar-refractivity contribution in [1.29, 1.82) is 0 Å². The summed E-state index contributed by atoms with van der Waals surface area (Å²) < 4.78 is 16.4. The Morgan fingerprint density at radius 3 is 2.77 bits per heavy atom. The number of carbonyl (C=O) groups excluding carboxylic acids is 1. The number of rotatable bonds is 4. The lowest BCUT2D eigenvalue weighted by Crippen LogP contribution is -2.35. The predicted molar refractivity (Wildman–Crippen MR) is 112 cm³/mol. The number of anilines is 1. The molecule has 1 N–H and O–H groups in total. The number of nitrogens with zero attached hydrogens (tertiary/aromatic N) is 1. The molecule has 0 aromatic heterocycles. The maximum atomic E-state index is 12.8. The molecule has 1 saturated heterocycles. The van der Waals surface area contributed by atoms with Gasteiger partial charge in [0.15, 0.2) is 11.5 Å². The van der Waals surface area contributed by atoms with Crippen LogP contribution in [0.25, 0.3) is 0 Å². The van der Waals surface area contributed by atoms with E-state index in [2.05, 4.69) is 28.4 Å². The second-order valence-electron chi connectivity index (χ2n) is 8.99. The number of amides is 1. The number of benzene rings is 2. The van der Waals surface area contributed by atoms with E-state index in [1.807, 2.05) is 18.2 Å². The maximum absolute atomic E-state index is 12.8. The molecular formula is C24H26N2O4. The molecule has 2 aromatic rings. The van der Waals surface area contributed by atoms with E-state index in [-0.39, 0.29) is 24.0 Å². The summed E-state index contributed by atoms with van der Waals surface area (Å²) in [5, 5.41) is 3.08. The summed E-state index contributed by atoms with van der Waals surface area (Å²) >= 11 is 0. The summed E-state index contributed by atoms with van der Waals surface area (Å²) in [5.41, 5.74) is 3.68. The average Bonchev–Trinajstić information content (AvgIpc) is 3.08. The fourth-order valence-corrected chi connectivity index (χ4v) is 5.23. The van der Waals surface area contributed by atoms with E-state index in [1.165, 1.54) is 11.1 Å². The van der Waals surface area contributed by atoms with Gasteiger partial charge in [0.2, 0.25) is 12.7 Å². The van der Waals surface area contributed by atoms with Crippen LogP contribution in [-0.2, 0) is 17.8 Å². The lowest BCUT2D eigenvalue weighted by atomic mass is 9.90. The predicted octanol–water partition coefficient (Wildman–Crippen LogP) is 3.59. The highest BCUT2D eigenvalue weighted by molar-refractivity contribution is 5.95. The Labute approximate surface area is 176 Å². The van der Waals surface area contributed by atoms with Crippen LogP contribution in [0.5, 0.6) is 17.2 Å². The normalized spacial score (nSPS) is 23.1. The van der Waals surface area contributed by atoms with Gasteiger partial charge in [-0.1, -0.05) is 12.1 Å². The molecule has 6 heteroatoms. The number of hydrogen-bond acceptors (Lipinski definition) is 5. The van der Waals surface area contributed by atoms with Crippen molar-refractivity contribution in [3.05, 3.63) is 47.5 Å². The molecule has 4 aliphatic rings. The second-order valence-corrected chi connectivity index (χ2v) is 8.99. The Morgan fingerprint density at radius 1 is 1.03 bits per heavy atom. The van der Waals surface area contributed by atoms with Crippen LogP contribution in [0.1, 0.15) is 30.4 Å². The smallest absolute Gasteiger partial charge is 0.231 e. The van der Waals surface area contributed by atoms with Crippen molar-refractivity contribution in [2.45, 2.75) is 32.2 Å². The molecule has 2 aromatic carbocycles. The van der Waals surface area contributed by atoms with Gasteiger partial charge in [-0.3, -0.25) is 9.69 Å². The SMILES string of the molecule is O=C(Nc1ccc2c(c1)OCO2)C1CC12CCN(Cc1ccc3c(c1)CCO3)CC2. The summed E-state index contributed by atoms with van der Waals surface area (Å²) in [6.07, 6.45) is 4.22. The first-order valence-corrected chi connectivity index (χ1v) is 10.9. The zero-order valence-corrected chi connectivity index (χ0v) is 17.0. The van der Waals surface area contributed by atoms with E-state index in [0.29, 0.717) is 5.75 Å². The lowest BCUT2D eigenvalue weighted by Gasteiger charge is -2.33. The van der Waals surface area contributed by atoms with Crippen LogP contribution in [-0.4, -0.2) is 37.3 Å². The van der Waals surface area contributed by atoms with Gasteiger partial charge in [0.05, 0.1) is 6.61 Å². The molecule has 3 aliphatic heterocycles. The molecule has 6 nitrogen and oxygen atoms in total. The van der Waals surface area contributed by atoms with Gasteiger partial charge in [-0.2, -0.15) is 0 Å². The number of fused-ring (bicyclic) bond motifs is 2. The number of piperidine rings is 1. The molecule has 1 unspecified atom stereocenters. The highest BCUT2D eigenvalue weighted by Gasteiger charge is 2.58. The molecule has 1 aliphatic carbocycles. The minimum Gasteiger partial charge on any atom is -0.493 e. The van der Waals surface area contributed by atoms with E-state index >= 15 is 0 Å². The lowest BCUT2D eigenvalue weighted by molar-refractivity contribution is -0.118. The van der Waals surface area contributed by atoms with Crippen LogP contribution >= 0.6 is 0 Å². The Morgan fingerprint density at radius 2 is 1.87 bits per heavy atom. The fraction of sp³-hybridized carbons (Fsp3) is 0.458. The van der Waals surface area contributed by atoms with Crippen molar-refractivity contribution < 1.29 is 19.0 Å². The van der Waals surface area contributed by atoms with Crippen molar-refractivity contribution in [3.63, 3.8) is 0 Å². The Bertz CT molecular complexity index is 997. The molecule has 1 spiro atoms. The highest BCUT2D eigenvalue weighted by atomic mass is 16.7. The number of hydrogen-bond donors (Lipinski definition) is 1. The molecule has 30 heavy (non-hydrogen) atoms. The highest BCUT2D eigenvalue weighted by Crippen LogP contribution is 2.59. The van der Waals surface area contributed by atoms with Crippen LogP contribution in [0.2, 0.25) is 0 Å². The van der Waals surface area contributed by atoms with Gasteiger partial charge in [-0.25, -0.2) is 0 Å². The average molecular weight is 406 g/mol. The number of nitrogens with one attached hydrogen (secondary N) is 1. The van der Waals surface area contributed by atoms with Gasteiger partial charge in [0, 0.05) is 30.6 Å². The molecule has 2 fully saturated rings. The van der Waals surface area contributed by atoms with Gasteiger partial charge in [0.25, 0.3) is 0 Å². The molecule has 156 valence electrons. The van der Waals surface area contributed by atoms with E-state index in [0.717, 1.165) is 69.1 Å². The molecule has 1 saturated carbocycles. The zero-order chi connectivity index (χ0) is 20.1. The van der Waals surface area contributed by atoms with Crippen molar-refractivity contribution in [3.8, 4) is 17.2 Å². The quantitative estimate of drug-likeness (QED) is 0.841. The number of ether oxygens (including phenoxy) is 3. The standard InChI is InChI=1S/C24H26N2O4/c27-23(25-18-2-4-21-22(12-18)30-15-29-21)19-13-24(19)6-8-26(9-7-24)14-16-1-3-20-17(11-16)5-10-28-20/h1-4,11-12,19H,5-10,13-15H2,(H,25,27). The van der Waals surface area contributed by atoms with Gasteiger partial charge in [0.1, 0.15) is 5.75 Å². The summed E-state index contributed by atoms with van der Waals surface area (Å²) in [4.78, 5) is 15.3. The van der Waals surface area contributed by atoms with Gasteiger partial charge in [-0.05, 0) is 67.1 Å². The molecule has 1 atom stereocenters. The van der Waals surface area contributed by atoms with Gasteiger partial charge < -0.3 is 19.5 Å². The van der Waals surface area contributed by atoms with E-state index in [9.17, 15) is 4.79 Å². The minimum absolute atomic E-state index is 0.127. The molecule has 1 amide bonds. The van der Waals surface area contributed by atoms with Crippen LogP contribution < -0.4 is 19.5 Å². The molecule has 6 rings (SSSR count). The van der Waals surface area contributed by atoms with E-state index in [1.54, 1.807) is 0 Å². The first kappa shape index (κ1) is 18.1. The Balaban J connectivity index is 1.03. The summed E-state index contributed by atoms with van der Waals surface area (Å²) in [7, 11) is 0. The van der Waals surface area contributed by atoms with Crippen LogP contribution in [0, 0.1) is 11.3 Å². The second kappa shape index (κ2) is 6.91. The summed E-state index contributed by atoms with van der Waals surface area (Å²) in [6.45, 7) is 4.15. The van der Waals surface area contributed by atoms with Gasteiger partial charge in [-0.15, -0.1) is 0 Å². The zero-order valence-electron chi connectivity index (χ0n) is 17.0. The van der Waals surface area contributed by atoms with Crippen LogP contribution in [0.4, 0.5) is 5.69 Å². The number of carbonyl (C=O) groups is 1. The topological polar surface area (TPSA) is 60.0 Å². The van der Waals surface area contributed by atoms with Crippen molar-refractivity contribution in [2.24, 2.45) is 11.3 Å². The minimum atomic E-state index is 0.127. The summed E-state index contributed by atoms with van der Waals surface area (Å²) in [5.74, 6) is 2.75. The maximum Gasteiger partial charge on any atom is 0.231 e. The van der Waals surface area contributed by atoms with Crippen LogP contribution in [0.15, 0.2) is 36.4 Å². The first-order valence-electron chi connectivity index (χ1n) is 10.9. The van der Waals surface area contributed by atoms with Crippen molar-refractivity contribution in [2.75, 3.05) is 31.8 Å². The third-order valence-corrected chi connectivity index (χ3v) is 7.16. The van der Waals surface area contributed by atoms with Gasteiger partial charge >= 0.3 is 0 Å². The molecular weight excluding hydrogens is 380 g/mol.